The summed E-state index contributed by atoms with van der Waals surface area (Å²) >= 11 is 0. The minimum Gasteiger partial charge on any atom is -0.454 e. The predicted molar refractivity (Wildman–Crippen MR) is 186 cm³/mol. The van der Waals surface area contributed by atoms with Gasteiger partial charge in [-0.25, -0.2) is 0 Å². The fourth-order valence-corrected chi connectivity index (χ4v) is 6.74. The van der Waals surface area contributed by atoms with Crippen molar-refractivity contribution in [1.82, 2.24) is 0 Å². The highest BCUT2D eigenvalue weighted by Crippen LogP contribution is 2.45. The van der Waals surface area contributed by atoms with E-state index in [9.17, 15) is 0 Å². The van der Waals surface area contributed by atoms with Gasteiger partial charge >= 0.3 is 0 Å². The van der Waals surface area contributed by atoms with Gasteiger partial charge in [-0.2, -0.15) is 0 Å². The van der Waals surface area contributed by atoms with Gasteiger partial charge in [0.05, 0.1) is 5.69 Å². The predicted octanol–water partition coefficient (Wildman–Crippen LogP) is 12.2. The van der Waals surface area contributed by atoms with E-state index in [0.717, 1.165) is 39.0 Å². The molecule has 0 saturated heterocycles. The molecule has 0 aliphatic rings. The monoisotopic (exact) mass is 561 g/mol. The number of nitrogens with zero attached hydrogens (tertiary/aromatic N) is 1. The van der Waals surface area contributed by atoms with E-state index >= 15 is 0 Å². The summed E-state index contributed by atoms with van der Waals surface area (Å²) in [6, 6.07) is 58.5. The van der Waals surface area contributed by atoms with E-state index < -0.39 is 0 Å². The van der Waals surface area contributed by atoms with Crippen LogP contribution in [-0.2, 0) is 0 Å². The van der Waals surface area contributed by atoms with Gasteiger partial charge in [-0.3, -0.25) is 0 Å². The molecular weight excluding hydrogens is 534 g/mol. The molecule has 0 saturated carbocycles. The van der Waals surface area contributed by atoms with Crippen LogP contribution in [-0.4, -0.2) is 0 Å². The van der Waals surface area contributed by atoms with Crippen LogP contribution in [0.2, 0.25) is 0 Å². The summed E-state index contributed by atoms with van der Waals surface area (Å²) < 4.78 is 6.75. The maximum atomic E-state index is 6.75. The van der Waals surface area contributed by atoms with Gasteiger partial charge in [0.1, 0.15) is 5.58 Å². The van der Waals surface area contributed by atoms with Gasteiger partial charge in [0.15, 0.2) is 5.58 Å². The van der Waals surface area contributed by atoms with Gasteiger partial charge in [0, 0.05) is 22.1 Å². The number of hydrogen-bond acceptors (Lipinski definition) is 2. The highest BCUT2D eigenvalue weighted by molar-refractivity contribution is 6.21. The largest absolute Gasteiger partial charge is 0.454 e. The third-order valence-electron chi connectivity index (χ3n) is 8.81. The molecule has 0 radical (unpaired) electrons. The van der Waals surface area contributed by atoms with Gasteiger partial charge in [-0.1, -0.05) is 127 Å². The number of fused-ring (bicyclic) bond motifs is 8. The van der Waals surface area contributed by atoms with E-state index in [0.29, 0.717) is 0 Å². The molecule has 44 heavy (non-hydrogen) atoms. The smallest absolute Gasteiger partial charge is 0.159 e. The second kappa shape index (κ2) is 9.86. The first kappa shape index (κ1) is 24.7. The molecule has 0 bridgehead atoms. The van der Waals surface area contributed by atoms with Crippen molar-refractivity contribution in [1.29, 1.82) is 0 Å². The molecule has 0 aliphatic heterocycles. The molecule has 206 valence electrons. The summed E-state index contributed by atoms with van der Waals surface area (Å²) in [7, 11) is 0. The van der Waals surface area contributed by atoms with E-state index in [1.54, 1.807) is 0 Å². The van der Waals surface area contributed by atoms with Crippen LogP contribution in [0, 0.1) is 0 Å². The second-order valence-electron chi connectivity index (χ2n) is 11.4. The Bertz CT molecular complexity index is 2510. The zero-order valence-corrected chi connectivity index (χ0v) is 23.9. The van der Waals surface area contributed by atoms with Gasteiger partial charge in [-0.05, 0) is 79.8 Å². The number of rotatable bonds is 4. The Balaban J connectivity index is 1.34. The van der Waals surface area contributed by atoms with Gasteiger partial charge < -0.3 is 9.32 Å². The summed E-state index contributed by atoms with van der Waals surface area (Å²) in [4.78, 5) is 2.35. The Labute approximate surface area is 255 Å². The molecule has 9 aromatic rings. The fourth-order valence-electron chi connectivity index (χ4n) is 6.74. The van der Waals surface area contributed by atoms with Crippen molar-refractivity contribution in [2.45, 2.75) is 0 Å². The average Bonchev–Trinajstić information content (AvgIpc) is 3.49. The van der Waals surface area contributed by atoms with Crippen molar-refractivity contribution >= 4 is 71.3 Å². The molecule has 0 unspecified atom stereocenters. The lowest BCUT2D eigenvalue weighted by Gasteiger charge is -2.26. The Hall–Kier alpha value is -5.86. The van der Waals surface area contributed by atoms with E-state index in [2.05, 4.69) is 169 Å². The zero-order valence-electron chi connectivity index (χ0n) is 23.9. The Morgan fingerprint density at radius 3 is 1.86 bits per heavy atom. The Morgan fingerprint density at radius 1 is 0.386 bits per heavy atom. The first-order valence-corrected chi connectivity index (χ1v) is 15.0. The molecule has 0 fully saturated rings. The van der Waals surface area contributed by atoms with Crippen LogP contribution < -0.4 is 4.90 Å². The summed E-state index contributed by atoms with van der Waals surface area (Å²) in [5.41, 5.74) is 7.29. The van der Waals surface area contributed by atoms with Crippen molar-refractivity contribution in [3.63, 3.8) is 0 Å². The molecule has 0 spiro atoms. The van der Waals surface area contributed by atoms with Crippen LogP contribution in [0.15, 0.2) is 168 Å². The molecule has 9 rings (SSSR count). The summed E-state index contributed by atoms with van der Waals surface area (Å²) in [5.74, 6) is 0. The fraction of sp³-hybridized carbons (Fsp3) is 0. The van der Waals surface area contributed by atoms with Crippen LogP contribution in [0.4, 0.5) is 17.1 Å². The third-order valence-corrected chi connectivity index (χ3v) is 8.81. The maximum Gasteiger partial charge on any atom is 0.159 e. The normalized spacial score (nSPS) is 11.6. The minimum absolute atomic E-state index is 0.877. The molecular formula is C42H27NO. The van der Waals surface area contributed by atoms with Crippen molar-refractivity contribution in [2.24, 2.45) is 0 Å². The quantitative estimate of drug-likeness (QED) is 0.199. The highest BCUT2D eigenvalue weighted by atomic mass is 16.3. The summed E-state index contributed by atoms with van der Waals surface area (Å²) in [6.45, 7) is 0. The number of anilines is 3. The molecule has 0 N–H and O–H groups in total. The van der Waals surface area contributed by atoms with Gasteiger partial charge in [0.2, 0.25) is 0 Å². The first-order chi connectivity index (χ1) is 21.8. The molecule has 8 aromatic carbocycles. The van der Waals surface area contributed by atoms with Crippen LogP contribution in [0.1, 0.15) is 0 Å². The number of furan rings is 1. The lowest BCUT2D eigenvalue weighted by atomic mass is 10.00. The molecule has 1 aromatic heterocycles. The molecule has 0 amide bonds. The second-order valence-corrected chi connectivity index (χ2v) is 11.4. The van der Waals surface area contributed by atoms with Crippen LogP contribution in [0.5, 0.6) is 0 Å². The lowest BCUT2D eigenvalue weighted by Crippen LogP contribution is -2.10. The standard InChI is InChI=1S/C42H27NO/c1-2-10-28(11-3-1)32-14-8-15-33(26-32)43(34-24-22-31-21-20-29-12-4-6-16-35(29)38(31)27-34)39-19-9-18-37-41-36-17-7-5-13-30(36)23-25-40(41)44-42(37)39/h1-27H. The van der Waals surface area contributed by atoms with E-state index in [1.807, 2.05) is 0 Å². The van der Waals surface area contributed by atoms with Crippen LogP contribution in [0.3, 0.4) is 0 Å². The summed E-state index contributed by atoms with van der Waals surface area (Å²) in [6.07, 6.45) is 0. The van der Waals surface area contributed by atoms with Gasteiger partial charge in [-0.15, -0.1) is 0 Å². The topological polar surface area (TPSA) is 16.4 Å². The first-order valence-electron chi connectivity index (χ1n) is 15.0. The molecule has 0 aliphatic carbocycles. The Kier molecular flexibility index (Phi) is 5.54. The molecule has 0 atom stereocenters. The summed E-state index contributed by atoms with van der Waals surface area (Å²) in [5, 5.41) is 9.62. The SMILES string of the molecule is c1ccc(-c2cccc(N(c3ccc4ccc5ccccc5c4c3)c3cccc4c3oc3ccc5ccccc5c34)c2)cc1. The van der Waals surface area contributed by atoms with Crippen LogP contribution in [0.25, 0.3) is 65.4 Å². The Morgan fingerprint density at radius 2 is 1.00 bits per heavy atom. The van der Waals surface area contributed by atoms with Crippen molar-refractivity contribution in [3.05, 3.63) is 164 Å². The maximum absolute atomic E-state index is 6.75. The molecule has 2 nitrogen and oxygen atoms in total. The van der Waals surface area contributed by atoms with Crippen molar-refractivity contribution < 1.29 is 4.42 Å². The van der Waals surface area contributed by atoms with E-state index in [1.165, 1.54) is 43.4 Å². The zero-order chi connectivity index (χ0) is 29.0. The number of hydrogen-bond donors (Lipinski definition) is 0. The average molecular weight is 562 g/mol. The van der Waals surface area contributed by atoms with Crippen molar-refractivity contribution in [3.8, 4) is 11.1 Å². The number of benzene rings is 8. The lowest BCUT2D eigenvalue weighted by molar-refractivity contribution is 0.669. The minimum atomic E-state index is 0.877. The highest BCUT2D eigenvalue weighted by Gasteiger charge is 2.21. The molecule has 1 heterocycles. The third kappa shape index (κ3) is 3.89. The number of para-hydroxylation sites is 1. The van der Waals surface area contributed by atoms with Gasteiger partial charge in [0.25, 0.3) is 0 Å². The van der Waals surface area contributed by atoms with Crippen LogP contribution >= 0.6 is 0 Å². The van der Waals surface area contributed by atoms with Crippen molar-refractivity contribution in [2.75, 3.05) is 4.90 Å². The van der Waals surface area contributed by atoms with E-state index in [4.69, 9.17) is 4.42 Å². The molecule has 2 heteroatoms. The van der Waals surface area contributed by atoms with E-state index in [-0.39, 0.29) is 0 Å².